The van der Waals surface area contributed by atoms with Crippen molar-refractivity contribution in [3.05, 3.63) is 33.8 Å². The summed E-state index contributed by atoms with van der Waals surface area (Å²) in [5.41, 5.74) is 7.29. The number of halogens is 1. The van der Waals surface area contributed by atoms with Gasteiger partial charge in [0, 0.05) is 9.89 Å². The number of rotatable bonds is 2. The van der Waals surface area contributed by atoms with Gasteiger partial charge in [-0.15, -0.1) is 0 Å². The Morgan fingerprint density at radius 3 is 2.58 bits per heavy atom. The summed E-state index contributed by atoms with van der Waals surface area (Å²) < 4.78 is 6.32. The molecule has 1 spiro atoms. The van der Waals surface area contributed by atoms with Gasteiger partial charge < -0.3 is 15.6 Å². The van der Waals surface area contributed by atoms with Crippen LogP contribution in [0.3, 0.4) is 0 Å². The van der Waals surface area contributed by atoms with Gasteiger partial charge in [0.05, 0.1) is 12.7 Å². The van der Waals surface area contributed by atoms with E-state index in [1.54, 1.807) is 6.92 Å². The molecule has 4 nitrogen and oxygen atoms in total. The van der Waals surface area contributed by atoms with Crippen molar-refractivity contribution < 1.29 is 14.6 Å². The number of aliphatic hydroxyl groups is 1. The zero-order valence-corrected chi connectivity index (χ0v) is 16.1. The zero-order valence-electron chi connectivity index (χ0n) is 14.5. The van der Waals surface area contributed by atoms with Crippen LogP contribution in [-0.2, 0) is 21.5 Å². The smallest absolute Gasteiger partial charge is 0.331 e. The zero-order chi connectivity index (χ0) is 17.7. The second kappa shape index (κ2) is 6.11. The van der Waals surface area contributed by atoms with Crippen molar-refractivity contribution in [2.45, 2.75) is 51.7 Å². The number of carbonyl (C=O) groups excluding carboxylic acids is 1. The molecule has 0 bridgehead atoms. The van der Waals surface area contributed by atoms with E-state index in [4.69, 9.17) is 10.5 Å². The molecule has 1 aromatic rings. The van der Waals surface area contributed by atoms with Gasteiger partial charge in [0.15, 0.2) is 0 Å². The van der Waals surface area contributed by atoms with Gasteiger partial charge in [-0.3, -0.25) is 0 Å². The number of carbonyl (C=O) groups is 1. The highest BCUT2D eigenvalue weighted by Gasteiger charge is 2.63. The monoisotopic (exact) mass is 395 g/mol. The molecule has 1 fully saturated rings. The van der Waals surface area contributed by atoms with Gasteiger partial charge >= 0.3 is 5.97 Å². The number of nitrogens with two attached hydrogens (primary N) is 1. The Kier molecular flexibility index (Phi) is 4.56. The van der Waals surface area contributed by atoms with E-state index in [1.165, 1.54) is 0 Å². The number of hydrogen-bond donors (Lipinski definition) is 2. The number of benzene rings is 1. The van der Waals surface area contributed by atoms with Crippen LogP contribution in [-0.4, -0.2) is 23.8 Å². The van der Waals surface area contributed by atoms with Crippen molar-refractivity contribution in [2.24, 2.45) is 23.0 Å². The lowest BCUT2D eigenvalue weighted by Gasteiger charge is -2.50. The maximum Gasteiger partial charge on any atom is 0.331 e. The predicted octanol–water partition coefficient (Wildman–Crippen LogP) is 3.14. The Balaban J connectivity index is 2.14. The van der Waals surface area contributed by atoms with Crippen molar-refractivity contribution in [2.75, 3.05) is 6.61 Å². The molecule has 5 heteroatoms. The van der Waals surface area contributed by atoms with Crippen LogP contribution in [0.4, 0.5) is 0 Å². The van der Waals surface area contributed by atoms with Gasteiger partial charge in [-0.1, -0.05) is 35.8 Å². The van der Waals surface area contributed by atoms with Gasteiger partial charge in [-0.25, -0.2) is 4.79 Å². The Morgan fingerprint density at radius 2 is 2.00 bits per heavy atom. The number of ether oxygens (including phenoxy) is 1. The summed E-state index contributed by atoms with van der Waals surface area (Å²) in [6.45, 7) is 6.21. The maximum atomic E-state index is 13.0. The normalized spacial score (nSPS) is 38.2. The lowest BCUT2D eigenvalue weighted by atomic mass is 9.57. The molecule has 0 amide bonds. The summed E-state index contributed by atoms with van der Waals surface area (Å²) >= 11 is 3.50. The highest BCUT2D eigenvalue weighted by atomic mass is 79.9. The predicted molar refractivity (Wildman–Crippen MR) is 96.3 cm³/mol. The van der Waals surface area contributed by atoms with Crippen molar-refractivity contribution >= 4 is 21.9 Å². The highest BCUT2D eigenvalue weighted by molar-refractivity contribution is 9.10. The van der Waals surface area contributed by atoms with E-state index in [2.05, 4.69) is 22.0 Å². The number of fused-ring (bicyclic) bond motifs is 1. The molecule has 132 valence electrons. The molecular formula is C19H26BrNO3. The van der Waals surface area contributed by atoms with Crippen LogP contribution < -0.4 is 5.73 Å². The minimum absolute atomic E-state index is 0.101. The van der Waals surface area contributed by atoms with Gasteiger partial charge in [-0.2, -0.15) is 0 Å². The standard InChI is InChI=1S/C19H26BrNO3/c1-4-24-17(23)19(21)15-7-14(20)6-5-13(15)10-18(19)8-11(2)16(22)12(3)9-18/h5-7,11-12,16,22H,4,8-10,21H2,1-3H3/t11-,12+,16?,18?,19-/m1/s1. The second-order valence-electron chi connectivity index (χ2n) is 7.64. The Hall–Kier alpha value is -0.910. The molecule has 2 aliphatic carbocycles. The van der Waals surface area contributed by atoms with E-state index in [0.717, 1.165) is 34.9 Å². The van der Waals surface area contributed by atoms with Crippen LogP contribution >= 0.6 is 15.9 Å². The van der Waals surface area contributed by atoms with Gasteiger partial charge in [0.2, 0.25) is 0 Å². The molecule has 24 heavy (non-hydrogen) atoms. The fourth-order valence-electron chi connectivity index (χ4n) is 5.02. The van der Waals surface area contributed by atoms with Crippen LogP contribution in [0.15, 0.2) is 22.7 Å². The molecule has 0 aromatic heterocycles. The minimum atomic E-state index is -1.16. The first-order valence-corrected chi connectivity index (χ1v) is 9.47. The van der Waals surface area contributed by atoms with Crippen LogP contribution in [0.1, 0.15) is 44.7 Å². The van der Waals surface area contributed by atoms with Crippen LogP contribution in [0.2, 0.25) is 0 Å². The Bertz CT molecular complexity index is 650. The summed E-state index contributed by atoms with van der Waals surface area (Å²) in [6, 6.07) is 6.00. The summed E-state index contributed by atoms with van der Waals surface area (Å²) in [4.78, 5) is 13.0. The van der Waals surface area contributed by atoms with Crippen molar-refractivity contribution in [1.29, 1.82) is 0 Å². The minimum Gasteiger partial charge on any atom is -0.464 e. The average Bonchev–Trinajstić information content (AvgIpc) is 2.75. The third-order valence-electron chi connectivity index (χ3n) is 6.05. The summed E-state index contributed by atoms with van der Waals surface area (Å²) in [7, 11) is 0. The SMILES string of the molecule is CCOC(=O)[C@]1(N)c2cc(Br)ccc2CC12C[C@@H](C)C(O)[C@@H](C)C2. The largest absolute Gasteiger partial charge is 0.464 e. The van der Waals surface area contributed by atoms with E-state index in [-0.39, 0.29) is 23.9 Å². The molecule has 0 aliphatic heterocycles. The number of aliphatic hydroxyl groups excluding tert-OH is 1. The molecule has 3 N–H and O–H groups in total. The third-order valence-corrected chi connectivity index (χ3v) is 6.54. The third kappa shape index (κ3) is 2.44. The van der Waals surface area contributed by atoms with Gasteiger partial charge in [0.1, 0.15) is 5.54 Å². The highest BCUT2D eigenvalue weighted by Crippen LogP contribution is 2.59. The Morgan fingerprint density at radius 1 is 1.38 bits per heavy atom. The molecule has 1 saturated carbocycles. The van der Waals surface area contributed by atoms with Crippen LogP contribution in [0.5, 0.6) is 0 Å². The average molecular weight is 396 g/mol. The Labute approximate surface area is 151 Å². The summed E-state index contributed by atoms with van der Waals surface area (Å²) in [6.07, 6.45) is 1.85. The second-order valence-corrected chi connectivity index (χ2v) is 8.56. The van der Waals surface area contributed by atoms with E-state index in [0.29, 0.717) is 6.61 Å². The van der Waals surface area contributed by atoms with Gasteiger partial charge in [-0.05, 0) is 61.3 Å². The molecule has 0 heterocycles. The number of hydrogen-bond acceptors (Lipinski definition) is 4. The fraction of sp³-hybridized carbons (Fsp3) is 0.632. The van der Waals surface area contributed by atoms with E-state index in [1.807, 2.05) is 26.0 Å². The van der Waals surface area contributed by atoms with E-state index < -0.39 is 11.0 Å². The van der Waals surface area contributed by atoms with Crippen LogP contribution in [0.25, 0.3) is 0 Å². The maximum absolute atomic E-state index is 13.0. The molecular weight excluding hydrogens is 370 g/mol. The molecule has 5 atom stereocenters. The molecule has 0 saturated heterocycles. The van der Waals surface area contributed by atoms with E-state index >= 15 is 0 Å². The van der Waals surface area contributed by atoms with Crippen molar-refractivity contribution in [3.63, 3.8) is 0 Å². The molecule has 1 aromatic carbocycles. The quantitative estimate of drug-likeness (QED) is 0.754. The van der Waals surface area contributed by atoms with Crippen LogP contribution in [0, 0.1) is 17.3 Å². The topological polar surface area (TPSA) is 72.5 Å². The fourth-order valence-corrected chi connectivity index (χ4v) is 5.38. The lowest BCUT2D eigenvalue weighted by Crippen LogP contribution is -2.60. The lowest BCUT2D eigenvalue weighted by molar-refractivity contribution is -0.160. The van der Waals surface area contributed by atoms with Crippen molar-refractivity contribution in [1.82, 2.24) is 0 Å². The molecule has 2 unspecified atom stereocenters. The molecule has 2 aliphatic rings. The van der Waals surface area contributed by atoms with Gasteiger partial charge in [0.25, 0.3) is 0 Å². The molecule has 3 rings (SSSR count). The van der Waals surface area contributed by atoms with E-state index in [9.17, 15) is 9.90 Å². The first kappa shape index (κ1) is 17.9. The van der Waals surface area contributed by atoms with Crippen molar-refractivity contribution in [3.8, 4) is 0 Å². The summed E-state index contributed by atoms with van der Waals surface area (Å²) in [5.74, 6) is -0.148. The first-order chi connectivity index (χ1) is 11.2. The molecule has 0 radical (unpaired) electrons. The summed E-state index contributed by atoms with van der Waals surface area (Å²) in [5, 5.41) is 10.4. The first-order valence-electron chi connectivity index (χ1n) is 8.68. The number of esters is 1.